The van der Waals surface area contributed by atoms with E-state index in [1.807, 2.05) is 18.5 Å². The number of nitrogens with zero attached hydrogens (tertiary/aromatic N) is 2. The van der Waals surface area contributed by atoms with Gasteiger partial charge in [0.25, 0.3) is 5.91 Å². The Bertz CT molecular complexity index is 831. The van der Waals surface area contributed by atoms with Gasteiger partial charge in [0.2, 0.25) is 5.91 Å². The van der Waals surface area contributed by atoms with Crippen molar-refractivity contribution < 1.29 is 9.59 Å². The number of hydrogen-bond donors (Lipinski definition) is 2. The molecule has 2 aromatic rings. The fourth-order valence-electron chi connectivity index (χ4n) is 2.58. The highest BCUT2D eigenvalue weighted by Crippen LogP contribution is 2.20. The van der Waals surface area contributed by atoms with Crippen molar-refractivity contribution in [1.82, 2.24) is 20.6 Å². The summed E-state index contributed by atoms with van der Waals surface area (Å²) in [5.41, 5.74) is 7.57. The predicted octanol–water partition coefficient (Wildman–Crippen LogP) is 3.47. The molecule has 0 saturated carbocycles. The molecule has 2 N–H and O–H groups in total. The second-order valence-corrected chi connectivity index (χ2v) is 7.37. The van der Waals surface area contributed by atoms with Crippen LogP contribution in [0, 0.1) is 19.8 Å². The maximum absolute atomic E-state index is 12.2. The Kier molecular flexibility index (Phi) is 6.67. The number of benzene rings is 1. The lowest BCUT2D eigenvalue weighted by molar-refractivity contribution is -0.121. The van der Waals surface area contributed by atoms with Gasteiger partial charge in [-0.25, -0.2) is 0 Å². The van der Waals surface area contributed by atoms with Crippen LogP contribution in [-0.2, 0) is 17.8 Å². The van der Waals surface area contributed by atoms with Crippen molar-refractivity contribution in [3.8, 4) is 0 Å². The summed E-state index contributed by atoms with van der Waals surface area (Å²) in [7, 11) is 0. The molecular formula is C18H22Cl2N4O2. The smallest absolute Gasteiger partial charge is 0.271 e. The predicted molar refractivity (Wildman–Crippen MR) is 102 cm³/mol. The van der Waals surface area contributed by atoms with E-state index in [4.69, 9.17) is 23.2 Å². The topological polar surface area (TPSA) is 76.0 Å². The highest BCUT2D eigenvalue weighted by molar-refractivity contribution is 6.35. The minimum absolute atomic E-state index is 0.124. The first-order valence-electron chi connectivity index (χ1n) is 8.26. The molecule has 0 aliphatic heterocycles. The molecule has 26 heavy (non-hydrogen) atoms. The third-order valence-electron chi connectivity index (χ3n) is 3.90. The van der Waals surface area contributed by atoms with Gasteiger partial charge in [0.05, 0.1) is 22.7 Å². The fraction of sp³-hybridized carbons (Fsp3) is 0.389. The van der Waals surface area contributed by atoms with E-state index in [0.29, 0.717) is 10.9 Å². The summed E-state index contributed by atoms with van der Waals surface area (Å²) in [4.78, 5) is 24.4. The zero-order chi connectivity index (χ0) is 19.4. The standard InChI is InChI=1S/C18H22Cl2N4O2/c1-10(2)9-24-12(4)14(11(3)23-24)8-17(25)21-22-18(26)15-7-13(19)5-6-16(15)20/h5-7,10H,8-9H2,1-4H3,(H,21,25)(H,22,26). The SMILES string of the molecule is Cc1nn(CC(C)C)c(C)c1CC(=O)NNC(=O)c1cc(Cl)ccc1Cl. The highest BCUT2D eigenvalue weighted by Gasteiger charge is 2.17. The van der Waals surface area contributed by atoms with E-state index < -0.39 is 5.91 Å². The molecule has 6 nitrogen and oxygen atoms in total. The number of amides is 2. The van der Waals surface area contributed by atoms with Crippen LogP contribution in [0.1, 0.15) is 41.2 Å². The van der Waals surface area contributed by atoms with Crippen molar-refractivity contribution in [2.45, 2.75) is 40.7 Å². The summed E-state index contributed by atoms with van der Waals surface area (Å²) in [6, 6.07) is 4.55. The Hall–Kier alpha value is -2.05. The number of carbonyl (C=O) groups excluding carboxylic acids is 2. The van der Waals surface area contributed by atoms with Crippen LogP contribution < -0.4 is 10.9 Å². The fourth-order valence-corrected chi connectivity index (χ4v) is 2.96. The highest BCUT2D eigenvalue weighted by atomic mass is 35.5. The monoisotopic (exact) mass is 396 g/mol. The van der Waals surface area contributed by atoms with Gasteiger partial charge in [-0.3, -0.25) is 25.1 Å². The Labute approximate surface area is 162 Å². The Morgan fingerprint density at radius 2 is 1.88 bits per heavy atom. The van der Waals surface area contributed by atoms with Crippen LogP contribution >= 0.6 is 23.2 Å². The molecule has 2 rings (SSSR count). The van der Waals surface area contributed by atoms with Gasteiger partial charge < -0.3 is 0 Å². The first kappa shape index (κ1) is 20.3. The molecule has 0 fully saturated rings. The molecule has 1 aromatic carbocycles. The van der Waals surface area contributed by atoms with Crippen LogP contribution in [0.15, 0.2) is 18.2 Å². The minimum atomic E-state index is -0.533. The second kappa shape index (κ2) is 8.56. The molecule has 0 spiro atoms. The van der Waals surface area contributed by atoms with Gasteiger partial charge in [0, 0.05) is 22.8 Å². The molecule has 0 atom stereocenters. The molecular weight excluding hydrogens is 375 g/mol. The largest absolute Gasteiger partial charge is 0.273 e. The first-order chi connectivity index (χ1) is 12.2. The van der Waals surface area contributed by atoms with Crippen molar-refractivity contribution in [2.24, 2.45) is 5.92 Å². The van der Waals surface area contributed by atoms with Crippen LogP contribution in [0.5, 0.6) is 0 Å². The summed E-state index contributed by atoms with van der Waals surface area (Å²) in [6.45, 7) is 8.82. The van der Waals surface area contributed by atoms with Gasteiger partial charge in [-0.05, 0) is 38.0 Å². The maximum Gasteiger partial charge on any atom is 0.271 e. The third kappa shape index (κ3) is 4.99. The van der Waals surface area contributed by atoms with E-state index in [0.717, 1.165) is 23.5 Å². The van der Waals surface area contributed by atoms with Gasteiger partial charge in [0.1, 0.15) is 0 Å². The second-order valence-electron chi connectivity index (χ2n) is 6.53. The maximum atomic E-state index is 12.2. The van der Waals surface area contributed by atoms with E-state index in [-0.39, 0.29) is 22.9 Å². The molecule has 0 aliphatic rings. The molecule has 0 aliphatic carbocycles. The number of aromatic nitrogens is 2. The van der Waals surface area contributed by atoms with E-state index >= 15 is 0 Å². The molecule has 0 unspecified atom stereocenters. The van der Waals surface area contributed by atoms with Crippen LogP contribution in [0.25, 0.3) is 0 Å². The lowest BCUT2D eigenvalue weighted by Crippen LogP contribution is -2.42. The van der Waals surface area contributed by atoms with Gasteiger partial charge in [-0.2, -0.15) is 5.10 Å². The zero-order valence-corrected chi connectivity index (χ0v) is 16.7. The van der Waals surface area contributed by atoms with Gasteiger partial charge in [0.15, 0.2) is 0 Å². The average Bonchev–Trinajstić information content (AvgIpc) is 2.81. The summed E-state index contributed by atoms with van der Waals surface area (Å²) < 4.78 is 1.91. The van der Waals surface area contributed by atoms with E-state index in [1.165, 1.54) is 12.1 Å². The summed E-state index contributed by atoms with van der Waals surface area (Å²) in [6.07, 6.45) is 0.124. The van der Waals surface area contributed by atoms with E-state index in [1.54, 1.807) is 6.07 Å². The normalized spacial score (nSPS) is 10.9. The molecule has 1 aromatic heterocycles. The van der Waals surface area contributed by atoms with Crippen molar-refractivity contribution >= 4 is 35.0 Å². The Balaban J connectivity index is 2.00. The number of aryl methyl sites for hydroxylation is 1. The number of halogens is 2. The van der Waals surface area contributed by atoms with Crippen LogP contribution in [0.4, 0.5) is 0 Å². The summed E-state index contributed by atoms with van der Waals surface area (Å²) in [5, 5.41) is 5.12. The molecule has 1 heterocycles. The van der Waals surface area contributed by atoms with E-state index in [2.05, 4.69) is 29.8 Å². The summed E-state index contributed by atoms with van der Waals surface area (Å²) >= 11 is 11.8. The quantitative estimate of drug-likeness (QED) is 0.759. The van der Waals surface area contributed by atoms with Gasteiger partial charge in [-0.15, -0.1) is 0 Å². The lowest BCUT2D eigenvalue weighted by Gasteiger charge is -2.10. The van der Waals surface area contributed by atoms with Gasteiger partial charge in [-0.1, -0.05) is 37.0 Å². The van der Waals surface area contributed by atoms with Crippen molar-refractivity contribution in [3.05, 3.63) is 50.8 Å². The molecule has 2 amide bonds. The van der Waals surface area contributed by atoms with Crippen molar-refractivity contribution in [1.29, 1.82) is 0 Å². The molecule has 8 heteroatoms. The van der Waals surface area contributed by atoms with E-state index in [9.17, 15) is 9.59 Å². The van der Waals surface area contributed by atoms with Gasteiger partial charge >= 0.3 is 0 Å². The Morgan fingerprint density at radius 3 is 2.54 bits per heavy atom. The molecule has 0 radical (unpaired) electrons. The van der Waals surface area contributed by atoms with Crippen LogP contribution in [0.3, 0.4) is 0 Å². The zero-order valence-electron chi connectivity index (χ0n) is 15.2. The Morgan fingerprint density at radius 1 is 1.19 bits per heavy atom. The average molecular weight is 397 g/mol. The van der Waals surface area contributed by atoms with Crippen LogP contribution in [0.2, 0.25) is 10.0 Å². The molecule has 0 bridgehead atoms. The molecule has 140 valence electrons. The lowest BCUT2D eigenvalue weighted by atomic mass is 10.1. The third-order valence-corrected chi connectivity index (χ3v) is 4.46. The number of rotatable bonds is 5. The molecule has 0 saturated heterocycles. The van der Waals surface area contributed by atoms with Crippen molar-refractivity contribution in [2.75, 3.05) is 0 Å². The first-order valence-corrected chi connectivity index (χ1v) is 9.01. The number of hydrazine groups is 1. The number of carbonyl (C=O) groups is 2. The van der Waals surface area contributed by atoms with Crippen molar-refractivity contribution in [3.63, 3.8) is 0 Å². The van der Waals surface area contributed by atoms with Crippen LogP contribution in [-0.4, -0.2) is 21.6 Å². The minimum Gasteiger partial charge on any atom is -0.273 e. The number of nitrogens with one attached hydrogen (secondary N) is 2. The summed E-state index contributed by atoms with van der Waals surface area (Å²) in [5.74, 6) is -0.419. The number of hydrogen-bond acceptors (Lipinski definition) is 3.